The molecule has 3 N–H and O–H groups in total. The van der Waals surface area contributed by atoms with Crippen LogP contribution in [0.1, 0.15) is 28.9 Å². The normalized spacial score (nSPS) is 15.4. The molecule has 94 valence electrons. The molecule has 0 atom stereocenters. The van der Waals surface area contributed by atoms with Crippen molar-refractivity contribution in [2.75, 3.05) is 31.3 Å². The van der Waals surface area contributed by atoms with E-state index in [1.807, 2.05) is 19.0 Å². The van der Waals surface area contributed by atoms with Crippen LogP contribution in [0.2, 0.25) is 0 Å². The zero-order chi connectivity index (χ0) is 12.4. The van der Waals surface area contributed by atoms with Crippen LogP contribution >= 0.6 is 11.3 Å². The average molecular weight is 254 g/mol. The van der Waals surface area contributed by atoms with Crippen LogP contribution in [0.4, 0.5) is 10.9 Å². The number of nitrogens with zero attached hydrogens (tertiary/aromatic N) is 2. The molecule has 1 saturated carbocycles. The van der Waals surface area contributed by atoms with Crippen molar-refractivity contribution in [1.82, 2.24) is 10.3 Å². The molecule has 0 spiro atoms. The number of carbonyl (C=O) groups excluding carboxylic acids is 1. The van der Waals surface area contributed by atoms with Crippen molar-refractivity contribution in [3.63, 3.8) is 0 Å². The van der Waals surface area contributed by atoms with E-state index in [9.17, 15) is 4.79 Å². The maximum atomic E-state index is 11.9. The van der Waals surface area contributed by atoms with E-state index < -0.39 is 0 Å². The third-order valence-corrected chi connectivity index (χ3v) is 4.24. The number of thiazole rings is 1. The number of hydrogen-bond acceptors (Lipinski definition) is 5. The van der Waals surface area contributed by atoms with E-state index in [0.717, 1.165) is 11.7 Å². The van der Waals surface area contributed by atoms with Crippen LogP contribution < -0.4 is 16.0 Å². The summed E-state index contributed by atoms with van der Waals surface area (Å²) in [5, 5.41) is 3.69. The smallest absolute Gasteiger partial charge is 0.265 e. The van der Waals surface area contributed by atoms with E-state index in [-0.39, 0.29) is 5.91 Å². The second kappa shape index (κ2) is 4.91. The predicted molar refractivity (Wildman–Crippen MR) is 70.5 cm³/mol. The van der Waals surface area contributed by atoms with Crippen molar-refractivity contribution in [3.8, 4) is 0 Å². The molecule has 1 aromatic heterocycles. The lowest BCUT2D eigenvalue weighted by Gasteiger charge is -2.25. The molecule has 1 amide bonds. The number of amides is 1. The minimum absolute atomic E-state index is 0.0972. The quantitative estimate of drug-likeness (QED) is 0.850. The highest BCUT2D eigenvalue weighted by molar-refractivity contribution is 7.18. The summed E-state index contributed by atoms with van der Waals surface area (Å²) < 4.78 is 0. The molecule has 0 radical (unpaired) electrons. The van der Waals surface area contributed by atoms with Crippen molar-refractivity contribution in [2.24, 2.45) is 5.92 Å². The fourth-order valence-electron chi connectivity index (χ4n) is 1.69. The molecular weight excluding hydrogens is 236 g/mol. The van der Waals surface area contributed by atoms with Crippen molar-refractivity contribution < 1.29 is 4.79 Å². The van der Waals surface area contributed by atoms with Gasteiger partial charge < -0.3 is 16.0 Å². The number of anilines is 2. The molecular formula is C11H18N4OS. The van der Waals surface area contributed by atoms with E-state index in [1.54, 1.807) is 0 Å². The SMILES string of the molecule is CN(C)c1nc(N)c(C(=O)NCC2CCC2)s1. The van der Waals surface area contributed by atoms with Crippen LogP contribution in [-0.4, -0.2) is 31.5 Å². The molecule has 1 heterocycles. The standard InChI is InChI=1S/C11H18N4OS/c1-15(2)11-14-9(12)8(17-11)10(16)13-6-7-4-3-5-7/h7H,3-6,12H2,1-2H3,(H,13,16). The van der Waals surface area contributed by atoms with Gasteiger partial charge in [-0.2, -0.15) is 0 Å². The van der Waals surface area contributed by atoms with Crippen LogP contribution in [0, 0.1) is 5.92 Å². The fourth-order valence-corrected chi connectivity index (χ4v) is 2.51. The van der Waals surface area contributed by atoms with Gasteiger partial charge in [0.05, 0.1) is 0 Å². The first kappa shape index (κ1) is 12.2. The van der Waals surface area contributed by atoms with Gasteiger partial charge in [-0.3, -0.25) is 4.79 Å². The number of rotatable bonds is 4. The molecule has 1 aliphatic rings. The van der Waals surface area contributed by atoms with Gasteiger partial charge in [0.2, 0.25) is 0 Å². The molecule has 17 heavy (non-hydrogen) atoms. The highest BCUT2D eigenvalue weighted by Gasteiger charge is 2.21. The van der Waals surface area contributed by atoms with E-state index in [1.165, 1.54) is 30.6 Å². The summed E-state index contributed by atoms with van der Waals surface area (Å²) in [7, 11) is 3.77. The Balaban J connectivity index is 1.97. The minimum atomic E-state index is -0.0972. The van der Waals surface area contributed by atoms with Gasteiger partial charge in [-0.25, -0.2) is 4.98 Å². The third-order valence-electron chi connectivity index (χ3n) is 3.01. The molecule has 0 aliphatic heterocycles. The molecule has 1 aromatic rings. The second-order valence-corrected chi connectivity index (χ2v) is 5.59. The highest BCUT2D eigenvalue weighted by Crippen LogP contribution is 2.28. The van der Waals surface area contributed by atoms with Gasteiger partial charge in [-0.05, 0) is 18.8 Å². The highest BCUT2D eigenvalue weighted by atomic mass is 32.1. The summed E-state index contributed by atoms with van der Waals surface area (Å²) in [5.74, 6) is 0.881. The van der Waals surface area contributed by atoms with E-state index >= 15 is 0 Å². The van der Waals surface area contributed by atoms with Gasteiger partial charge in [-0.1, -0.05) is 17.8 Å². The van der Waals surface area contributed by atoms with Gasteiger partial charge in [-0.15, -0.1) is 0 Å². The topological polar surface area (TPSA) is 71.2 Å². The molecule has 0 bridgehead atoms. The first-order chi connectivity index (χ1) is 8.08. The van der Waals surface area contributed by atoms with Crippen molar-refractivity contribution in [3.05, 3.63) is 4.88 Å². The van der Waals surface area contributed by atoms with Crippen molar-refractivity contribution in [2.45, 2.75) is 19.3 Å². The zero-order valence-electron chi connectivity index (χ0n) is 10.2. The molecule has 5 nitrogen and oxygen atoms in total. The molecule has 2 rings (SSSR count). The summed E-state index contributed by atoms with van der Waals surface area (Å²) >= 11 is 1.33. The number of aromatic nitrogens is 1. The summed E-state index contributed by atoms with van der Waals surface area (Å²) in [6.45, 7) is 0.757. The fraction of sp³-hybridized carbons (Fsp3) is 0.636. The van der Waals surface area contributed by atoms with Gasteiger partial charge >= 0.3 is 0 Å². The third kappa shape index (κ3) is 2.69. The molecule has 0 saturated heterocycles. The van der Waals surface area contributed by atoms with Gasteiger partial charge in [0.25, 0.3) is 5.91 Å². The Morgan fingerprint density at radius 3 is 2.76 bits per heavy atom. The van der Waals surface area contributed by atoms with Gasteiger partial charge in [0.15, 0.2) is 5.13 Å². The molecule has 0 unspecified atom stereocenters. The Morgan fingerprint density at radius 1 is 1.59 bits per heavy atom. The number of nitrogen functional groups attached to an aromatic ring is 1. The Hall–Kier alpha value is -1.30. The second-order valence-electron chi connectivity index (χ2n) is 4.61. The van der Waals surface area contributed by atoms with Crippen molar-refractivity contribution in [1.29, 1.82) is 0 Å². The van der Waals surface area contributed by atoms with Crippen molar-refractivity contribution >= 4 is 28.2 Å². The molecule has 1 aliphatic carbocycles. The Bertz CT molecular complexity index is 412. The van der Waals surface area contributed by atoms with E-state index in [0.29, 0.717) is 16.6 Å². The van der Waals surface area contributed by atoms with Crippen LogP contribution in [-0.2, 0) is 0 Å². The average Bonchev–Trinajstić information content (AvgIpc) is 2.58. The molecule has 0 aromatic carbocycles. The van der Waals surface area contributed by atoms with Crippen LogP contribution in [0.5, 0.6) is 0 Å². The van der Waals surface area contributed by atoms with Crippen LogP contribution in [0.3, 0.4) is 0 Å². The Labute approximate surface area is 105 Å². The number of nitrogens with two attached hydrogens (primary N) is 1. The van der Waals surface area contributed by atoms with Gasteiger partial charge in [0, 0.05) is 20.6 Å². The predicted octanol–water partition coefficient (Wildman–Crippen LogP) is 1.32. The Morgan fingerprint density at radius 2 is 2.29 bits per heavy atom. The molecule has 1 fully saturated rings. The molecule has 6 heteroatoms. The lowest BCUT2D eigenvalue weighted by molar-refractivity contribution is 0.0944. The first-order valence-electron chi connectivity index (χ1n) is 5.79. The van der Waals surface area contributed by atoms with Crippen LogP contribution in [0.25, 0.3) is 0 Å². The monoisotopic (exact) mass is 254 g/mol. The number of nitrogens with one attached hydrogen (secondary N) is 1. The van der Waals surface area contributed by atoms with Gasteiger partial charge in [0.1, 0.15) is 10.7 Å². The maximum Gasteiger partial charge on any atom is 0.265 e. The Kier molecular flexibility index (Phi) is 3.51. The number of carbonyl (C=O) groups is 1. The zero-order valence-corrected chi connectivity index (χ0v) is 11.0. The van der Waals surface area contributed by atoms with Crippen LogP contribution in [0.15, 0.2) is 0 Å². The minimum Gasteiger partial charge on any atom is -0.382 e. The van der Waals surface area contributed by atoms with E-state index in [4.69, 9.17) is 5.73 Å². The largest absolute Gasteiger partial charge is 0.382 e. The lowest BCUT2D eigenvalue weighted by atomic mass is 9.85. The first-order valence-corrected chi connectivity index (χ1v) is 6.61. The number of hydrogen-bond donors (Lipinski definition) is 2. The summed E-state index contributed by atoms with van der Waals surface area (Å²) in [5.41, 5.74) is 5.74. The van der Waals surface area contributed by atoms with E-state index in [2.05, 4.69) is 10.3 Å². The summed E-state index contributed by atoms with van der Waals surface area (Å²) in [6, 6.07) is 0. The summed E-state index contributed by atoms with van der Waals surface area (Å²) in [6.07, 6.45) is 3.73. The summed E-state index contributed by atoms with van der Waals surface area (Å²) in [4.78, 5) is 18.4. The lowest BCUT2D eigenvalue weighted by Crippen LogP contribution is -2.32. The maximum absolute atomic E-state index is 11.9.